The van der Waals surface area contributed by atoms with Crippen molar-refractivity contribution in [2.45, 2.75) is 44.7 Å². The number of carbonyl (C=O) groups is 1. The molecule has 1 aliphatic carbocycles. The first-order chi connectivity index (χ1) is 12.4. The zero-order valence-corrected chi connectivity index (χ0v) is 15.9. The lowest BCUT2D eigenvalue weighted by Crippen LogP contribution is -2.33. The first-order valence-electron chi connectivity index (χ1n) is 8.51. The summed E-state index contributed by atoms with van der Waals surface area (Å²) >= 11 is 12.4. The van der Waals surface area contributed by atoms with Crippen LogP contribution in [-0.2, 0) is 0 Å². The molecule has 1 saturated carbocycles. The number of aryl methyl sites for hydroxylation is 1. The molecule has 1 aliphatic rings. The lowest BCUT2D eigenvalue weighted by Gasteiger charge is -2.27. The van der Waals surface area contributed by atoms with Gasteiger partial charge in [-0.2, -0.15) is 0 Å². The van der Waals surface area contributed by atoms with E-state index in [9.17, 15) is 4.79 Å². The standard InChI is InChI=1S/C18H21Cl2N5O/c1-9-14(12-3-2-4-13(19)15(12)20)16(17(22)26)25-18(23-9)24-11-7-5-10(21)6-8-11/h2-4,10-11H,5-8,21H2,1H3,(H2,22,26)(H,23,24,25)/t10-,11+. The molecule has 1 heterocycles. The van der Waals surface area contributed by atoms with Crippen molar-refractivity contribution in [3.05, 3.63) is 39.6 Å². The molecule has 0 spiro atoms. The van der Waals surface area contributed by atoms with Crippen LogP contribution in [0.2, 0.25) is 10.0 Å². The Morgan fingerprint density at radius 1 is 1.19 bits per heavy atom. The second-order valence-corrected chi connectivity index (χ2v) is 7.36. The van der Waals surface area contributed by atoms with E-state index < -0.39 is 5.91 Å². The summed E-state index contributed by atoms with van der Waals surface area (Å²) < 4.78 is 0. The van der Waals surface area contributed by atoms with Crippen LogP contribution in [0.4, 0.5) is 5.95 Å². The van der Waals surface area contributed by atoms with Crippen LogP contribution in [0, 0.1) is 6.92 Å². The molecule has 5 N–H and O–H groups in total. The fourth-order valence-corrected chi connectivity index (χ4v) is 3.68. The van der Waals surface area contributed by atoms with Crippen molar-refractivity contribution in [1.82, 2.24) is 9.97 Å². The van der Waals surface area contributed by atoms with Crippen LogP contribution in [0.1, 0.15) is 41.9 Å². The first kappa shape index (κ1) is 18.9. The van der Waals surface area contributed by atoms with E-state index >= 15 is 0 Å². The van der Waals surface area contributed by atoms with Crippen molar-refractivity contribution in [3.63, 3.8) is 0 Å². The Labute approximate surface area is 162 Å². The minimum absolute atomic E-state index is 0.122. The summed E-state index contributed by atoms with van der Waals surface area (Å²) in [6.45, 7) is 1.79. The van der Waals surface area contributed by atoms with E-state index in [-0.39, 0.29) is 17.8 Å². The van der Waals surface area contributed by atoms with Gasteiger partial charge < -0.3 is 16.8 Å². The lowest BCUT2D eigenvalue weighted by molar-refractivity contribution is 0.0996. The SMILES string of the molecule is Cc1nc(N[C@H]2CC[C@@H](N)CC2)nc(C(N)=O)c1-c1cccc(Cl)c1Cl. The molecule has 8 heteroatoms. The third-order valence-electron chi connectivity index (χ3n) is 4.65. The van der Waals surface area contributed by atoms with Crippen LogP contribution >= 0.6 is 23.2 Å². The van der Waals surface area contributed by atoms with Gasteiger partial charge in [-0.3, -0.25) is 4.79 Å². The molecule has 0 unspecified atom stereocenters. The molecule has 1 amide bonds. The van der Waals surface area contributed by atoms with E-state index in [0.717, 1.165) is 25.7 Å². The molecule has 1 aromatic heterocycles. The molecule has 1 aromatic carbocycles. The number of nitrogens with one attached hydrogen (secondary N) is 1. The van der Waals surface area contributed by atoms with E-state index in [1.54, 1.807) is 25.1 Å². The summed E-state index contributed by atoms with van der Waals surface area (Å²) in [5.41, 5.74) is 13.3. The van der Waals surface area contributed by atoms with Crippen LogP contribution in [0.15, 0.2) is 18.2 Å². The number of rotatable bonds is 4. The van der Waals surface area contributed by atoms with Crippen LogP contribution in [0.3, 0.4) is 0 Å². The largest absolute Gasteiger partial charge is 0.364 e. The number of anilines is 1. The topological polar surface area (TPSA) is 107 Å². The second kappa shape index (κ2) is 7.78. The van der Waals surface area contributed by atoms with E-state index in [1.165, 1.54) is 0 Å². The van der Waals surface area contributed by atoms with E-state index in [1.807, 2.05) is 0 Å². The van der Waals surface area contributed by atoms with Crippen molar-refractivity contribution in [2.24, 2.45) is 11.5 Å². The van der Waals surface area contributed by atoms with Gasteiger partial charge in [-0.1, -0.05) is 35.3 Å². The van der Waals surface area contributed by atoms with E-state index in [4.69, 9.17) is 34.7 Å². The molecular weight excluding hydrogens is 373 g/mol. The molecule has 0 aliphatic heterocycles. The van der Waals surface area contributed by atoms with E-state index in [0.29, 0.717) is 32.8 Å². The van der Waals surface area contributed by atoms with Crippen molar-refractivity contribution in [3.8, 4) is 11.1 Å². The zero-order chi connectivity index (χ0) is 18.8. The van der Waals surface area contributed by atoms with Gasteiger partial charge in [-0.15, -0.1) is 0 Å². The first-order valence-corrected chi connectivity index (χ1v) is 9.27. The quantitative estimate of drug-likeness (QED) is 0.735. The Morgan fingerprint density at radius 2 is 1.88 bits per heavy atom. The van der Waals surface area contributed by atoms with Gasteiger partial charge >= 0.3 is 0 Å². The molecule has 2 aromatic rings. The molecule has 3 rings (SSSR count). The fraction of sp³-hybridized carbons (Fsp3) is 0.389. The third-order valence-corrected chi connectivity index (χ3v) is 5.47. The van der Waals surface area contributed by atoms with Gasteiger partial charge in [0.15, 0.2) is 0 Å². The molecule has 1 fully saturated rings. The molecule has 0 radical (unpaired) electrons. The Morgan fingerprint density at radius 3 is 2.54 bits per heavy atom. The summed E-state index contributed by atoms with van der Waals surface area (Å²) in [7, 11) is 0. The average molecular weight is 394 g/mol. The number of nitrogens with two attached hydrogens (primary N) is 2. The zero-order valence-electron chi connectivity index (χ0n) is 14.4. The van der Waals surface area contributed by atoms with Crippen LogP contribution in [-0.4, -0.2) is 28.0 Å². The van der Waals surface area contributed by atoms with Gasteiger partial charge in [0.2, 0.25) is 5.95 Å². The fourth-order valence-electron chi connectivity index (χ4n) is 3.28. The van der Waals surface area contributed by atoms with Gasteiger partial charge in [-0.25, -0.2) is 9.97 Å². The van der Waals surface area contributed by atoms with Gasteiger partial charge in [-0.05, 0) is 38.7 Å². The maximum absolute atomic E-state index is 12.0. The van der Waals surface area contributed by atoms with Crippen LogP contribution < -0.4 is 16.8 Å². The molecule has 138 valence electrons. The van der Waals surface area contributed by atoms with E-state index in [2.05, 4.69) is 15.3 Å². The molecule has 26 heavy (non-hydrogen) atoms. The number of benzene rings is 1. The van der Waals surface area contributed by atoms with Crippen molar-refractivity contribution >= 4 is 35.1 Å². The molecular formula is C18H21Cl2N5O. The van der Waals surface area contributed by atoms with Gasteiger partial charge in [0.05, 0.1) is 15.7 Å². The second-order valence-electron chi connectivity index (χ2n) is 6.58. The summed E-state index contributed by atoms with van der Waals surface area (Å²) in [4.78, 5) is 20.9. The maximum Gasteiger partial charge on any atom is 0.268 e. The highest BCUT2D eigenvalue weighted by Gasteiger charge is 2.23. The predicted octanol–water partition coefficient (Wildman–Crippen LogP) is 3.54. The number of halogens is 2. The number of aromatic nitrogens is 2. The van der Waals surface area contributed by atoms with Crippen LogP contribution in [0.5, 0.6) is 0 Å². The van der Waals surface area contributed by atoms with Crippen molar-refractivity contribution < 1.29 is 4.79 Å². The van der Waals surface area contributed by atoms with Gasteiger partial charge in [0.1, 0.15) is 5.69 Å². The summed E-state index contributed by atoms with van der Waals surface area (Å²) in [6, 6.07) is 5.68. The lowest BCUT2D eigenvalue weighted by atomic mass is 9.92. The number of hydrogen-bond acceptors (Lipinski definition) is 5. The summed E-state index contributed by atoms with van der Waals surface area (Å²) in [6.07, 6.45) is 3.79. The average Bonchev–Trinajstić information content (AvgIpc) is 2.59. The highest BCUT2D eigenvalue weighted by molar-refractivity contribution is 6.43. The third kappa shape index (κ3) is 3.92. The number of nitrogens with zero attached hydrogens (tertiary/aromatic N) is 2. The Bertz CT molecular complexity index is 835. The maximum atomic E-state index is 12.0. The predicted molar refractivity (Wildman–Crippen MR) is 105 cm³/mol. The smallest absolute Gasteiger partial charge is 0.268 e. The number of primary amides is 1. The molecule has 0 saturated heterocycles. The Balaban J connectivity index is 1.99. The van der Waals surface area contributed by atoms with Gasteiger partial charge in [0.25, 0.3) is 5.91 Å². The van der Waals surface area contributed by atoms with Gasteiger partial charge in [0, 0.05) is 23.2 Å². The number of hydrogen-bond donors (Lipinski definition) is 3. The summed E-state index contributed by atoms with van der Waals surface area (Å²) in [5, 5.41) is 4.02. The Kier molecular flexibility index (Phi) is 5.65. The number of carbonyl (C=O) groups excluding carboxylic acids is 1. The molecule has 6 nitrogen and oxygen atoms in total. The minimum Gasteiger partial charge on any atom is -0.364 e. The molecule has 0 atom stereocenters. The van der Waals surface area contributed by atoms with Crippen molar-refractivity contribution in [1.29, 1.82) is 0 Å². The molecule has 0 bridgehead atoms. The normalized spacial score (nSPS) is 20.0. The van der Waals surface area contributed by atoms with Crippen molar-refractivity contribution in [2.75, 3.05) is 5.32 Å². The minimum atomic E-state index is -0.643. The summed E-state index contributed by atoms with van der Waals surface area (Å²) in [5.74, 6) is -0.256. The highest BCUT2D eigenvalue weighted by atomic mass is 35.5. The highest BCUT2D eigenvalue weighted by Crippen LogP contribution is 2.36. The monoisotopic (exact) mass is 393 g/mol. The Hall–Kier alpha value is -1.89. The van der Waals surface area contributed by atoms with Crippen LogP contribution in [0.25, 0.3) is 11.1 Å². The number of amides is 1.